The van der Waals surface area contributed by atoms with E-state index < -0.39 is 6.04 Å². The Bertz CT molecular complexity index is 317. The Balaban J connectivity index is 3.05. The summed E-state index contributed by atoms with van der Waals surface area (Å²) in [6.45, 7) is 3.61. The Morgan fingerprint density at radius 1 is 1.69 bits per heavy atom. The Labute approximate surface area is 81.5 Å². The lowest BCUT2D eigenvalue weighted by Crippen LogP contribution is -2.26. The molecule has 1 aromatic rings. The van der Waals surface area contributed by atoms with E-state index in [9.17, 15) is 4.79 Å². The van der Waals surface area contributed by atoms with Gasteiger partial charge in [-0.05, 0) is 19.9 Å². The molecule has 0 fully saturated rings. The van der Waals surface area contributed by atoms with Gasteiger partial charge < -0.3 is 10.5 Å². The van der Waals surface area contributed by atoms with Crippen molar-refractivity contribution in [2.45, 2.75) is 19.9 Å². The monoisotopic (exact) mass is 199 g/mol. The summed E-state index contributed by atoms with van der Waals surface area (Å²) >= 11 is 1.42. The first-order valence-electron chi connectivity index (χ1n) is 4.00. The summed E-state index contributed by atoms with van der Waals surface area (Å²) in [5.41, 5.74) is 5.50. The van der Waals surface area contributed by atoms with Gasteiger partial charge in [0.1, 0.15) is 10.6 Å². The van der Waals surface area contributed by atoms with E-state index in [1.807, 2.05) is 13.0 Å². The lowest BCUT2D eigenvalue weighted by molar-refractivity contribution is 0.0969. The fourth-order valence-electron chi connectivity index (χ4n) is 1.02. The van der Waals surface area contributed by atoms with Crippen LogP contribution in [0.15, 0.2) is 6.07 Å². The van der Waals surface area contributed by atoms with Crippen molar-refractivity contribution in [3.63, 3.8) is 0 Å². The molecular formula is C9H13NO2S. The minimum atomic E-state index is -0.466. The fraction of sp³-hybridized carbons (Fsp3) is 0.444. The van der Waals surface area contributed by atoms with Crippen LogP contribution in [-0.2, 0) is 0 Å². The van der Waals surface area contributed by atoms with E-state index in [2.05, 4.69) is 0 Å². The number of hydrogen-bond acceptors (Lipinski definition) is 4. The maximum atomic E-state index is 11.5. The molecule has 1 unspecified atom stereocenters. The van der Waals surface area contributed by atoms with Crippen molar-refractivity contribution < 1.29 is 9.53 Å². The van der Waals surface area contributed by atoms with E-state index in [4.69, 9.17) is 10.5 Å². The SMILES string of the molecule is COc1cc(C)sc1C(=O)C(C)N. The third-order valence-corrected chi connectivity index (χ3v) is 2.72. The van der Waals surface area contributed by atoms with Gasteiger partial charge in [-0.15, -0.1) is 11.3 Å². The third-order valence-electron chi connectivity index (χ3n) is 1.68. The first-order valence-corrected chi connectivity index (χ1v) is 4.82. The number of aryl methyl sites for hydroxylation is 1. The minimum Gasteiger partial charge on any atom is -0.495 e. The molecule has 1 rings (SSSR count). The van der Waals surface area contributed by atoms with Crippen molar-refractivity contribution in [2.24, 2.45) is 5.73 Å². The zero-order valence-corrected chi connectivity index (χ0v) is 8.77. The molecule has 0 saturated carbocycles. The van der Waals surface area contributed by atoms with Crippen LogP contribution in [0.4, 0.5) is 0 Å². The van der Waals surface area contributed by atoms with Gasteiger partial charge >= 0.3 is 0 Å². The van der Waals surface area contributed by atoms with E-state index in [0.717, 1.165) is 4.88 Å². The number of carbonyl (C=O) groups is 1. The van der Waals surface area contributed by atoms with Crippen molar-refractivity contribution in [3.8, 4) is 5.75 Å². The summed E-state index contributed by atoms with van der Waals surface area (Å²) < 4.78 is 5.07. The van der Waals surface area contributed by atoms with Gasteiger partial charge in [0.25, 0.3) is 0 Å². The Kier molecular flexibility index (Phi) is 3.06. The average molecular weight is 199 g/mol. The van der Waals surface area contributed by atoms with Crippen LogP contribution in [-0.4, -0.2) is 18.9 Å². The number of Topliss-reactive ketones (excluding diaryl/α,β-unsaturated/α-hetero) is 1. The van der Waals surface area contributed by atoms with Gasteiger partial charge in [0.2, 0.25) is 0 Å². The molecule has 13 heavy (non-hydrogen) atoms. The molecule has 0 aliphatic rings. The van der Waals surface area contributed by atoms with Crippen LogP contribution in [0, 0.1) is 6.92 Å². The predicted octanol–water partition coefficient (Wildman–Crippen LogP) is 1.60. The molecular weight excluding hydrogens is 186 g/mol. The summed E-state index contributed by atoms with van der Waals surface area (Å²) in [5.74, 6) is 0.569. The van der Waals surface area contributed by atoms with E-state index in [0.29, 0.717) is 10.6 Å². The molecule has 0 saturated heterocycles. The smallest absolute Gasteiger partial charge is 0.192 e. The summed E-state index contributed by atoms with van der Waals surface area (Å²) in [4.78, 5) is 13.2. The van der Waals surface area contributed by atoms with Crippen LogP contribution in [0.5, 0.6) is 5.75 Å². The van der Waals surface area contributed by atoms with Gasteiger partial charge in [0, 0.05) is 4.88 Å². The summed E-state index contributed by atoms with van der Waals surface area (Å²) in [5, 5.41) is 0. The molecule has 0 aliphatic heterocycles. The maximum Gasteiger partial charge on any atom is 0.192 e. The molecule has 0 radical (unpaired) electrons. The zero-order chi connectivity index (χ0) is 10.0. The highest BCUT2D eigenvalue weighted by Crippen LogP contribution is 2.29. The molecule has 1 aromatic heterocycles. The molecule has 0 amide bonds. The minimum absolute atomic E-state index is 0.0602. The second-order valence-corrected chi connectivity index (χ2v) is 4.16. The lowest BCUT2D eigenvalue weighted by atomic mass is 10.2. The molecule has 3 nitrogen and oxygen atoms in total. The van der Waals surface area contributed by atoms with Crippen LogP contribution in [0.2, 0.25) is 0 Å². The van der Waals surface area contributed by atoms with E-state index in [1.54, 1.807) is 14.0 Å². The van der Waals surface area contributed by atoms with Gasteiger partial charge in [-0.3, -0.25) is 4.79 Å². The number of ether oxygens (including phenoxy) is 1. The average Bonchev–Trinajstić information content (AvgIpc) is 2.45. The highest BCUT2D eigenvalue weighted by molar-refractivity contribution is 7.14. The third kappa shape index (κ3) is 2.08. The van der Waals surface area contributed by atoms with Gasteiger partial charge in [-0.25, -0.2) is 0 Å². The molecule has 72 valence electrons. The number of methoxy groups -OCH3 is 1. The van der Waals surface area contributed by atoms with Gasteiger partial charge in [-0.2, -0.15) is 0 Å². The normalized spacial score (nSPS) is 12.6. The molecule has 2 N–H and O–H groups in total. The molecule has 0 bridgehead atoms. The maximum absolute atomic E-state index is 11.5. The van der Waals surface area contributed by atoms with E-state index in [-0.39, 0.29) is 5.78 Å². The van der Waals surface area contributed by atoms with Gasteiger partial charge in [0.15, 0.2) is 5.78 Å². The predicted molar refractivity (Wildman–Crippen MR) is 53.6 cm³/mol. The van der Waals surface area contributed by atoms with E-state index >= 15 is 0 Å². The first kappa shape index (κ1) is 10.2. The summed E-state index contributed by atoms with van der Waals surface area (Å²) in [6.07, 6.45) is 0. The van der Waals surface area contributed by atoms with Crippen LogP contribution < -0.4 is 10.5 Å². The summed E-state index contributed by atoms with van der Waals surface area (Å²) in [6, 6.07) is 1.38. The van der Waals surface area contributed by atoms with Crippen molar-refractivity contribution in [3.05, 3.63) is 15.8 Å². The molecule has 1 atom stereocenters. The highest BCUT2D eigenvalue weighted by Gasteiger charge is 2.18. The number of nitrogens with two attached hydrogens (primary N) is 1. The molecule has 0 aliphatic carbocycles. The van der Waals surface area contributed by atoms with Crippen molar-refractivity contribution in [2.75, 3.05) is 7.11 Å². The largest absolute Gasteiger partial charge is 0.495 e. The van der Waals surface area contributed by atoms with E-state index in [1.165, 1.54) is 11.3 Å². The Morgan fingerprint density at radius 3 is 2.77 bits per heavy atom. The molecule has 4 heteroatoms. The fourth-order valence-corrected chi connectivity index (χ4v) is 2.04. The lowest BCUT2D eigenvalue weighted by Gasteiger charge is -2.03. The quantitative estimate of drug-likeness (QED) is 0.752. The highest BCUT2D eigenvalue weighted by atomic mass is 32.1. The van der Waals surface area contributed by atoms with Crippen molar-refractivity contribution in [1.82, 2.24) is 0 Å². The summed E-state index contributed by atoms with van der Waals surface area (Å²) in [7, 11) is 1.56. The van der Waals surface area contributed by atoms with Crippen LogP contribution in [0.1, 0.15) is 21.5 Å². The van der Waals surface area contributed by atoms with Crippen LogP contribution in [0.25, 0.3) is 0 Å². The Morgan fingerprint density at radius 2 is 2.31 bits per heavy atom. The molecule has 1 heterocycles. The van der Waals surface area contributed by atoms with Gasteiger partial charge in [-0.1, -0.05) is 0 Å². The second-order valence-electron chi connectivity index (χ2n) is 2.91. The van der Waals surface area contributed by atoms with Gasteiger partial charge in [0.05, 0.1) is 13.2 Å². The zero-order valence-electron chi connectivity index (χ0n) is 7.96. The number of thiophene rings is 1. The van der Waals surface area contributed by atoms with Crippen LogP contribution >= 0.6 is 11.3 Å². The van der Waals surface area contributed by atoms with Crippen molar-refractivity contribution in [1.29, 1.82) is 0 Å². The van der Waals surface area contributed by atoms with Crippen LogP contribution in [0.3, 0.4) is 0 Å². The molecule has 0 aromatic carbocycles. The number of rotatable bonds is 3. The topological polar surface area (TPSA) is 52.3 Å². The first-order chi connectivity index (χ1) is 6.06. The standard InChI is InChI=1S/C9H13NO2S/c1-5-4-7(12-3)9(13-5)8(11)6(2)10/h4,6H,10H2,1-3H3. The number of ketones is 1. The number of carbonyl (C=O) groups excluding carboxylic acids is 1. The Hall–Kier alpha value is -0.870. The number of hydrogen-bond donors (Lipinski definition) is 1. The van der Waals surface area contributed by atoms with Crippen molar-refractivity contribution >= 4 is 17.1 Å². The molecule has 0 spiro atoms. The second kappa shape index (κ2) is 3.89.